The quantitative estimate of drug-likeness (QED) is 0.481. The Morgan fingerprint density at radius 3 is 2.68 bits per heavy atom. The van der Waals surface area contributed by atoms with Crippen LogP contribution in [0, 0.1) is 0 Å². The van der Waals surface area contributed by atoms with E-state index in [9.17, 15) is 13.2 Å². The van der Waals surface area contributed by atoms with Crippen LogP contribution < -0.4 is 10.6 Å². The molecule has 0 bridgehead atoms. The number of hydrogen-bond acceptors (Lipinski definition) is 3. The summed E-state index contributed by atoms with van der Waals surface area (Å²) >= 11 is 5.27. The third kappa shape index (κ3) is 7.12. The average molecular weight is 414 g/mol. The zero-order valence-electron chi connectivity index (χ0n) is 16.1. The van der Waals surface area contributed by atoms with Gasteiger partial charge in [-0.25, -0.2) is 0 Å². The van der Waals surface area contributed by atoms with Crippen molar-refractivity contribution in [2.45, 2.75) is 33.0 Å². The summed E-state index contributed by atoms with van der Waals surface area (Å²) in [5.41, 5.74) is 0.556. The normalized spacial score (nSPS) is 11.6. The van der Waals surface area contributed by atoms with E-state index in [0.29, 0.717) is 16.4 Å². The zero-order valence-corrected chi connectivity index (χ0v) is 16.9. The summed E-state index contributed by atoms with van der Waals surface area (Å²) < 4.78 is 40.0. The van der Waals surface area contributed by atoms with Gasteiger partial charge in [-0.3, -0.25) is 4.68 Å². The fourth-order valence-corrected chi connectivity index (χ4v) is 2.99. The number of anilines is 1. The number of thiocarbonyl (C=S) groups is 1. The average Bonchev–Trinajstić information content (AvgIpc) is 3.08. The molecule has 2 N–H and O–H groups in total. The molecule has 0 aliphatic rings. The molecule has 1 heterocycles. The zero-order chi connectivity index (χ0) is 20.6. The fourth-order valence-electron chi connectivity index (χ4n) is 2.77. The van der Waals surface area contributed by atoms with E-state index in [1.165, 1.54) is 6.07 Å². The molecule has 0 atom stereocenters. The number of benzene rings is 1. The lowest BCUT2D eigenvalue weighted by molar-refractivity contribution is -0.137. The van der Waals surface area contributed by atoms with Crippen LogP contribution in [0.2, 0.25) is 0 Å². The van der Waals surface area contributed by atoms with Crippen molar-refractivity contribution in [2.75, 3.05) is 31.5 Å². The van der Waals surface area contributed by atoms with Gasteiger partial charge in [0.25, 0.3) is 0 Å². The van der Waals surface area contributed by atoms with Crippen molar-refractivity contribution < 1.29 is 13.2 Å². The van der Waals surface area contributed by atoms with Crippen LogP contribution in [0.3, 0.4) is 0 Å². The molecule has 1 aromatic heterocycles. The van der Waals surface area contributed by atoms with Crippen molar-refractivity contribution in [2.24, 2.45) is 0 Å². The van der Waals surface area contributed by atoms with Crippen LogP contribution in [0.15, 0.2) is 36.7 Å². The molecule has 5 nitrogen and oxygen atoms in total. The maximum atomic E-state index is 12.8. The number of hydrogen-bond donors (Lipinski definition) is 2. The minimum absolute atomic E-state index is 0.246. The van der Waals surface area contributed by atoms with Crippen LogP contribution in [-0.4, -0.2) is 46.0 Å². The van der Waals surface area contributed by atoms with E-state index in [1.54, 1.807) is 23.1 Å². The minimum Gasteiger partial charge on any atom is -0.362 e. The first kappa shape index (κ1) is 22.2. The van der Waals surface area contributed by atoms with Gasteiger partial charge in [0.15, 0.2) is 5.11 Å². The highest BCUT2D eigenvalue weighted by molar-refractivity contribution is 7.80. The second-order valence-corrected chi connectivity index (χ2v) is 6.79. The van der Waals surface area contributed by atoms with Crippen LogP contribution in [0.5, 0.6) is 0 Å². The Bertz CT molecular complexity index is 756. The summed E-state index contributed by atoms with van der Waals surface area (Å²) in [5, 5.41) is 10.9. The van der Waals surface area contributed by atoms with Gasteiger partial charge in [-0.05, 0) is 56.0 Å². The molecule has 0 saturated heterocycles. The van der Waals surface area contributed by atoms with E-state index in [1.807, 2.05) is 0 Å². The van der Waals surface area contributed by atoms with Crippen molar-refractivity contribution >= 4 is 23.0 Å². The third-order valence-electron chi connectivity index (χ3n) is 4.32. The number of rotatable bonds is 9. The predicted molar refractivity (Wildman–Crippen MR) is 109 cm³/mol. The van der Waals surface area contributed by atoms with Gasteiger partial charge >= 0.3 is 6.18 Å². The van der Waals surface area contributed by atoms with Crippen LogP contribution in [0.1, 0.15) is 31.4 Å². The lowest BCUT2D eigenvalue weighted by Gasteiger charge is -2.18. The highest BCUT2D eigenvalue weighted by Gasteiger charge is 2.30. The summed E-state index contributed by atoms with van der Waals surface area (Å²) in [4.78, 5) is 2.34. The van der Waals surface area contributed by atoms with E-state index < -0.39 is 11.7 Å². The maximum Gasteiger partial charge on any atom is 0.416 e. The number of aromatic nitrogens is 2. The van der Waals surface area contributed by atoms with E-state index in [-0.39, 0.29) is 6.54 Å². The molecule has 0 radical (unpaired) electrons. The molecular formula is C19H26F3N5S. The first-order valence-electron chi connectivity index (χ1n) is 9.27. The van der Waals surface area contributed by atoms with Crippen molar-refractivity contribution in [1.82, 2.24) is 20.0 Å². The molecule has 0 unspecified atom stereocenters. The molecule has 2 rings (SSSR count). The van der Waals surface area contributed by atoms with Crippen LogP contribution in [0.4, 0.5) is 18.9 Å². The number of alkyl halides is 3. The van der Waals surface area contributed by atoms with Crippen molar-refractivity contribution in [3.05, 3.63) is 47.8 Å². The monoisotopic (exact) mass is 413 g/mol. The standard InChI is InChI=1S/C19H26F3N5S/c1-3-26(4-2)10-6-9-23-18(28)25-17-12-24-27(14-17)13-15-7-5-8-16(11-15)19(20,21)22/h5,7-8,11-12,14H,3-4,6,9-10,13H2,1-2H3,(H2,23,25,28). The molecule has 0 saturated carbocycles. The van der Waals surface area contributed by atoms with Crippen molar-refractivity contribution in [3.8, 4) is 0 Å². The largest absolute Gasteiger partial charge is 0.416 e. The van der Waals surface area contributed by atoms with E-state index in [0.717, 1.165) is 44.7 Å². The topological polar surface area (TPSA) is 45.1 Å². The minimum atomic E-state index is -4.35. The van der Waals surface area contributed by atoms with Crippen LogP contribution in [0.25, 0.3) is 0 Å². The number of halogens is 3. The molecule has 2 aromatic rings. The Balaban J connectivity index is 1.81. The molecule has 1 aromatic carbocycles. The highest BCUT2D eigenvalue weighted by Crippen LogP contribution is 2.29. The Morgan fingerprint density at radius 1 is 1.25 bits per heavy atom. The first-order valence-corrected chi connectivity index (χ1v) is 9.68. The summed E-state index contributed by atoms with van der Waals surface area (Å²) in [7, 11) is 0. The molecule has 0 amide bonds. The summed E-state index contributed by atoms with van der Waals surface area (Å²) in [5.74, 6) is 0. The van der Waals surface area contributed by atoms with Crippen LogP contribution >= 0.6 is 12.2 Å². The molecule has 28 heavy (non-hydrogen) atoms. The number of nitrogens with one attached hydrogen (secondary N) is 2. The van der Waals surface area contributed by atoms with Gasteiger partial charge in [0, 0.05) is 12.7 Å². The molecule has 0 aliphatic carbocycles. The smallest absolute Gasteiger partial charge is 0.362 e. The summed E-state index contributed by atoms with van der Waals surface area (Å²) in [6, 6.07) is 5.24. The highest BCUT2D eigenvalue weighted by atomic mass is 32.1. The SMILES string of the molecule is CCN(CC)CCCNC(=S)Nc1cnn(Cc2cccc(C(F)(F)F)c2)c1. The van der Waals surface area contributed by atoms with Gasteiger partial charge in [0.05, 0.1) is 24.0 Å². The molecule has 0 fully saturated rings. The van der Waals surface area contributed by atoms with E-state index in [4.69, 9.17) is 12.2 Å². The second-order valence-electron chi connectivity index (χ2n) is 6.39. The van der Waals surface area contributed by atoms with Gasteiger partial charge < -0.3 is 15.5 Å². The molecule has 0 aliphatic heterocycles. The number of nitrogens with zero attached hydrogens (tertiary/aromatic N) is 3. The van der Waals surface area contributed by atoms with Crippen molar-refractivity contribution in [1.29, 1.82) is 0 Å². The first-order chi connectivity index (χ1) is 13.3. The lowest BCUT2D eigenvalue weighted by Crippen LogP contribution is -2.32. The van der Waals surface area contributed by atoms with Gasteiger partial charge in [-0.2, -0.15) is 18.3 Å². The second kappa shape index (κ2) is 10.4. The lowest BCUT2D eigenvalue weighted by atomic mass is 10.1. The Hall–Kier alpha value is -2.13. The van der Waals surface area contributed by atoms with Gasteiger partial charge in [-0.15, -0.1) is 0 Å². The molecular weight excluding hydrogens is 387 g/mol. The van der Waals surface area contributed by atoms with Crippen molar-refractivity contribution in [3.63, 3.8) is 0 Å². The van der Waals surface area contributed by atoms with Gasteiger partial charge in [-0.1, -0.05) is 26.0 Å². The fraction of sp³-hybridized carbons (Fsp3) is 0.474. The molecule has 154 valence electrons. The van der Waals surface area contributed by atoms with E-state index in [2.05, 4.69) is 34.5 Å². The molecule has 0 spiro atoms. The predicted octanol–water partition coefficient (Wildman–Crippen LogP) is 3.97. The third-order valence-corrected chi connectivity index (χ3v) is 4.57. The Kier molecular flexibility index (Phi) is 8.25. The Morgan fingerprint density at radius 2 is 2.00 bits per heavy atom. The summed E-state index contributed by atoms with van der Waals surface area (Å²) in [6.07, 6.45) is -0.0596. The summed E-state index contributed by atoms with van der Waals surface area (Å²) in [6.45, 7) is 8.36. The molecule has 9 heteroatoms. The van der Waals surface area contributed by atoms with Gasteiger partial charge in [0.2, 0.25) is 0 Å². The Labute approximate surface area is 168 Å². The van der Waals surface area contributed by atoms with Crippen LogP contribution in [-0.2, 0) is 12.7 Å². The van der Waals surface area contributed by atoms with E-state index >= 15 is 0 Å². The maximum absolute atomic E-state index is 12.8. The van der Waals surface area contributed by atoms with Gasteiger partial charge in [0.1, 0.15) is 0 Å².